The minimum atomic E-state index is 0. The topological polar surface area (TPSA) is 23.6 Å². The van der Waals surface area contributed by atoms with Crippen LogP contribution in [0.4, 0.5) is 0 Å². The summed E-state index contributed by atoms with van der Waals surface area (Å²) >= 11 is 5.86. The zero-order chi connectivity index (χ0) is 13.0. The zero-order valence-electron chi connectivity index (χ0n) is 10.3. The average molecular weight is 281 g/mol. The van der Waals surface area contributed by atoms with E-state index in [1.165, 1.54) is 11.6 Å². The first-order chi connectivity index (χ1) is 8.69. The highest BCUT2D eigenvalue weighted by atomic mass is 35.5. The summed E-state index contributed by atoms with van der Waals surface area (Å²) in [5.74, 6) is 0.0288. The Morgan fingerprint density at radius 3 is 2.32 bits per heavy atom. The largest absolute Gasteiger partial charge is 0.337 e. The number of piperazine rings is 1. The van der Waals surface area contributed by atoms with Crippen LogP contribution in [0.1, 0.15) is 13.0 Å². The molecule has 1 heterocycles. The number of hydrogen-bond donors (Lipinski definition) is 0. The highest BCUT2D eigenvalue weighted by Gasteiger charge is 2.19. The van der Waals surface area contributed by atoms with Gasteiger partial charge in [0.15, 0.2) is 0 Å². The number of rotatable bonds is 3. The summed E-state index contributed by atoms with van der Waals surface area (Å²) in [6.07, 6.45) is 1.38. The van der Waals surface area contributed by atoms with Crippen molar-refractivity contribution in [3.05, 3.63) is 47.5 Å². The van der Waals surface area contributed by atoms with Crippen LogP contribution < -0.4 is 0 Å². The van der Waals surface area contributed by atoms with E-state index >= 15 is 0 Å². The number of carbonyl (C=O) groups is 1. The maximum absolute atomic E-state index is 11.4. The van der Waals surface area contributed by atoms with Crippen molar-refractivity contribution < 1.29 is 4.79 Å². The fourth-order valence-electron chi connectivity index (χ4n) is 2.10. The Kier molecular flexibility index (Phi) is 6.06. The standard InChI is InChI=1S/C14H17ClN2O.CH4/c1-2-14(18)17-9-7-16(8-10-17)11-12-3-5-13(15)6-4-12;/h2-6H,1,7-11H2;1H4. The molecule has 0 aromatic heterocycles. The number of amides is 1. The summed E-state index contributed by atoms with van der Waals surface area (Å²) in [5, 5.41) is 0.764. The summed E-state index contributed by atoms with van der Waals surface area (Å²) in [4.78, 5) is 15.6. The van der Waals surface area contributed by atoms with Gasteiger partial charge in [0.05, 0.1) is 0 Å². The molecule has 1 aliphatic rings. The molecule has 19 heavy (non-hydrogen) atoms. The van der Waals surface area contributed by atoms with Gasteiger partial charge in [-0.15, -0.1) is 0 Å². The van der Waals surface area contributed by atoms with Crippen molar-refractivity contribution in [3.63, 3.8) is 0 Å². The molecule has 2 rings (SSSR count). The van der Waals surface area contributed by atoms with Crippen LogP contribution in [0.5, 0.6) is 0 Å². The van der Waals surface area contributed by atoms with Crippen molar-refractivity contribution in [2.24, 2.45) is 0 Å². The van der Waals surface area contributed by atoms with Gasteiger partial charge in [-0.1, -0.05) is 37.7 Å². The summed E-state index contributed by atoms with van der Waals surface area (Å²) in [7, 11) is 0. The zero-order valence-corrected chi connectivity index (χ0v) is 11.1. The van der Waals surface area contributed by atoms with Crippen LogP contribution in [-0.4, -0.2) is 41.9 Å². The van der Waals surface area contributed by atoms with Gasteiger partial charge in [0.2, 0.25) is 5.91 Å². The first kappa shape index (κ1) is 15.7. The summed E-state index contributed by atoms with van der Waals surface area (Å²) < 4.78 is 0. The lowest BCUT2D eigenvalue weighted by molar-refractivity contribution is -0.127. The molecule has 104 valence electrons. The van der Waals surface area contributed by atoms with Crippen LogP contribution in [-0.2, 0) is 11.3 Å². The van der Waals surface area contributed by atoms with Gasteiger partial charge in [-0.25, -0.2) is 0 Å². The third-order valence-electron chi connectivity index (χ3n) is 3.18. The SMILES string of the molecule is C.C=CC(=O)N1CCN(Cc2ccc(Cl)cc2)CC1. The number of carbonyl (C=O) groups excluding carboxylic acids is 1. The molecule has 4 heteroatoms. The van der Waals surface area contributed by atoms with E-state index in [0.29, 0.717) is 0 Å². The molecule has 1 fully saturated rings. The average Bonchev–Trinajstić information content (AvgIpc) is 2.41. The molecule has 0 saturated carbocycles. The Balaban J connectivity index is 0.00000180. The van der Waals surface area contributed by atoms with Gasteiger partial charge in [-0.3, -0.25) is 9.69 Å². The fraction of sp³-hybridized carbons (Fsp3) is 0.400. The minimum absolute atomic E-state index is 0. The lowest BCUT2D eigenvalue weighted by Crippen LogP contribution is -2.47. The quantitative estimate of drug-likeness (QED) is 0.795. The molecule has 0 atom stereocenters. The number of hydrogen-bond acceptors (Lipinski definition) is 2. The Hall–Kier alpha value is -1.32. The van der Waals surface area contributed by atoms with E-state index in [2.05, 4.69) is 11.5 Å². The van der Waals surface area contributed by atoms with Crippen molar-refractivity contribution in [1.29, 1.82) is 0 Å². The predicted molar refractivity (Wildman–Crippen MR) is 80.2 cm³/mol. The highest BCUT2D eigenvalue weighted by Crippen LogP contribution is 2.12. The smallest absolute Gasteiger partial charge is 0.246 e. The van der Waals surface area contributed by atoms with Gasteiger partial charge < -0.3 is 4.90 Å². The van der Waals surface area contributed by atoms with E-state index < -0.39 is 0 Å². The Morgan fingerprint density at radius 1 is 1.21 bits per heavy atom. The Labute approximate surface area is 120 Å². The first-order valence-electron chi connectivity index (χ1n) is 6.07. The molecular formula is C15H21ClN2O. The summed E-state index contributed by atoms with van der Waals surface area (Å²) in [5.41, 5.74) is 1.25. The molecule has 0 bridgehead atoms. The van der Waals surface area contributed by atoms with Gasteiger partial charge in [-0.05, 0) is 23.8 Å². The maximum atomic E-state index is 11.4. The summed E-state index contributed by atoms with van der Waals surface area (Å²) in [6, 6.07) is 7.91. The molecule has 1 aliphatic heterocycles. The number of nitrogens with zero attached hydrogens (tertiary/aromatic N) is 2. The van der Waals surface area contributed by atoms with Crippen LogP contribution in [0.3, 0.4) is 0 Å². The third kappa shape index (κ3) is 4.37. The van der Waals surface area contributed by atoms with E-state index in [1.807, 2.05) is 29.2 Å². The van der Waals surface area contributed by atoms with Gasteiger partial charge in [0.1, 0.15) is 0 Å². The lowest BCUT2D eigenvalue weighted by atomic mass is 10.2. The molecular weight excluding hydrogens is 260 g/mol. The van der Waals surface area contributed by atoms with Crippen LogP contribution in [0.2, 0.25) is 5.02 Å². The highest BCUT2D eigenvalue weighted by molar-refractivity contribution is 6.30. The van der Waals surface area contributed by atoms with Crippen LogP contribution in [0, 0.1) is 0 Å². The molecule has 0 radical (unpaired) electrons. The molecule has 0 N–H and O–H groups in total. The maximum Gasteiger partial charge on any atom is 0.246 e. The molecule has 1 aromatic carbocycles. The predicted octanol–water partition coefficient (Wildman–Crippen LogP) is 2.81. The number of halogens is 1. The van der Waals surface area contributed by atoms with Crippen LogP contribution in [0.15, 0.2) is 36.9 Å². The van der Waals surface area contributed by atoms with Crippen molar-refractivity contribution in [2.45, 2.75) is 14.0 Å². The van der Waals surface area contributed by atoms with E-state index in [0.717, 1.165) is 37.7 Å². The normalized spacial score (nSPS) is 15.7. The monoisotopic (exact) mass is 280 g/mol. The molecule has 0 unspecified atom stereocenters. The van der Waals surface area contributed by atoms with Gasteiger partial charge >= 0.3 is 0 Å². The van der Waals surface area contributed by atoms with Crippen molar-refractivity contribution >= 4 is 17.5 Å². The van der Waals surface area contributed by atoms with Crippen LogP contribution >= 0.6 is 11.6 Å². The molecule has 3 nitrogen and oxygen atoms in total. The van der Waals surface area contributed by atoms with Gasteiger partial charge in [0, 0.05) is 37.7 Å². The van der Waals surface area contributed by atoms with E-state index in [-0.39, 0.29) is 13.3 Å². The molecule has 1 amide bonds. The second kappa shape index (κ2) is 7.31. The van der Waals surface area contributed by atoms with E-state index in [1.54, 1.807) is 0 Å². The van der Waals surface area contributed by atoms with Gasteiger partial charge in [0.25, 0.3) is 0 Å². The van der Waals surface area contributed by atoms with E-state index in [4.69, 9.17) is 11.6 Å². The molecule has 1 aromatic rings. The number of benzene rings is 1. The van der Waals surface area contributed by atoms with E-state index in [9.17, 15) is 4.79 Å². The van der Waals surface area contributed by atoms with Crippen LogP contribution in [0.25, 0.3) is 0 Å². The molecule has 0 aliphatic carbocycles. The second-order valence-corrected chi connectivity index (χ2v) is 4.87. The fourth-order valence-corrected chi connectivity index (χ4v) is 2.23. The van der Waals surface area contributed by atoms with Gasteiger partial charge in [-0.2, -0.15) is 0 Å². The molecule has 0 spiro atoms. The lowest BCUT2D eigenvalue weighted by Gasteiger charge is -2.34. The minimum Gasteiger partial charge on any atom is -0.337 e. The van der Waals surface area contributed by atoms with Crippen molar-refractivity contribution in [2.75, 3.05) is 26.2 Å². The van der Waals surface area contributed by atoms with Crippen molar-refractivity contribution in [1.82, 2.24) is 9.80 Å². The third-order valence-corrected chi connectivity index (χ3v) is 3.43. The first-order valence-corrected chi connectivity index (χ1v) is 6.45. The molecule has 1 saturated heterocycles. The van der Waals surface area contributed by atoms with Crippen molar-refractivity contribution in [3.8, 4) is 0 Å². The summed E-state index contributed by atoms with van der Waals surface area (Å²) in [6.45, 7) is 7.79. The Morgan fingerprint density at radius 2 is 1.79 bits per heavy atom. The Bertz CT molecular complexity index is 422. The second-order valence-electron chi connectivity index (χ2n) is 4.43.